The maximum Gasteiger partial charge on any atom is 0.160 e. The molecule has 1 heterocycles. The van der Waals surface area contributed by atoms with Gasteiger partial charge in [0, 0.05) is 22.1 Å². The highest BCUT2D eigenvalue weighted by Gasteiger charge is 2.38. The minimum absolute atomic E-state index is 0.154. The highest BCUT2D eigenvalue weighted by atomic mass is 14.9. The third kappa shape index (κ3) is 5.25. The lowest BCUT2D eigenvalue weighted by molar-refractivity contribution is 0.662. The zero-order valence-electron chi connectivity index (χ0n) is 31.9. The van der Waals surface area contributed by atoms with Crippen molar-refractivity contribution in [2.24, 2.45) is 0 Å². The molecule has 0 N–H and O–H groups in total. The van der Waals surface area contributed by atoms with E-state index in [9.17, 15) is 0 Å². The van der Waals surface area contributed by atoms with E-state index in [1.807, 2.05) is 24.3 Å². The number of rotatable bonds is 5. The predicted octanol–water partition coefficient (Wildman–Crippen LogP) is 14.6. The summed E-state index contributed by atoms with van der Waals surface area (Å²) in [5.74, 6) is 0.716. The number of fused-ring (bicyclic) bond motifs is 7. The van der Waals surface area contributed by atoms with Crippen LogP contribution in [-0.4, -0.2) is 9.97 Å². The van der Waals surface area contributed by atoms with Crippen LogP contribution in [0.25, 0.3) is 99.6 Å². The van der Waals surface area contributed by atoms with Gasteiger partial charge in [0.15, 0.2) is 5.82 Å². The van der Waals surface area contributed by atoms with Crippen molar-refractivity contribution in [2.75, 3.05) is 0 Å². The number of hydrogen-bond acceptors (Lipinski definition) is 2. The van der Waals surface area contributed by atoms with Gasteiger partial charge in [0.05, 0.1) is 11.4 Å². The Morgan fingerprint density at radius 3 is 1.49 bits per heavy atom. The Morgan fingerprint density at radius 2 is 0.842 bits per heavy atom. The van der Waals surface area contributed by atoms with Crippen molar-refractivity contribution in [1.29, 1.82) is 0 Å². The molecule has 0 amide bonds. The molecule has 0 atom stereocenters. The van der Waals surface area contributed by atoms with Crippen molar-refractivity contribution in [3.8, 4) is 67.3 Å². The molecule has 0 bridgehead atoms. The van der Waals surface area contributed by atoms with Crippen LogP contribution in [0.15, 0.2) is 194 Å². The Labute approximate surface area is 332 Å². The first-order valence-corrected chi connectivity index (χ1v) is 19.8. The van der Waals surface area contributed by atoms with E-state index in [1.165, 1.54) is 71.4 Å². The Balaban J connectivity index is 1.09. The molecule has 0 spiro atoms. The summed E-state index contributed by atoms with van der Waals surface area (Å²) >= 11 is 0. The van der Waals surface area contributed by atoms with Gasteiger partial charge in [-0.15, -0.1) is 0 Å². The van der Waals surface area contributed by atoms with Gasteiger partial charge in [-0.25, -0.2) is 9.97 Å². The van der Waals surface area contributed by atoms with Crippen LogP contribution in [0, 0.1) is 0 Å². The molecule has 9 aromatic carbocycles. The molecule has 1 aromatic heterocycles. The molecule has 0 fully saturated rings. The molecule has 0 saturated carbocycles. The Kier molecular flexibility index (Phi) is 7.55. The summed E-state index contributed by atoms with van der Waals surface area (Å²) in [6, 6.07) is 70.1. The van der Waals surface area contributed by atoms with E-state index < -0.39 is 0 Å². The zero-order valence-corrected chi connectivity index (χ0v) is 31.9. The summed E-state index contributed by atoms with van der Waals surface area (Å²) < 4.78 is 0. The number of aromatic nitrogens is 2. The van der Waals surface area contributed by atoms with Crippen molar-refractivity contribution in [2.45, 2.75) is 19.3 Å². The fraction of sp³-hybridized carbons (Fsp3) is 0.0545. The summed E-state index contributed by atoms with van der Waals surface area (Å²) in [5, 5.41) is 7.45. The summed E-state index contributed by atoms with van der Waals surface area (Å²) in [6.45, 7) is 4.78. The first-order valence-electron chi connectivity index (χ1n) is 19.8. The predicted molar refractivity (Wildman–Crippen MR) is 239 cm³/mol. The van der Waals surface area contributed by atoms with E-state index in [1.54, 1.807) is 0 Å². The quantitative estimate of drug-likeness (QED) is 0.176. The third-order valence-electron chi connectivity index (χ3n) is 12.1. The molecular weight excluding hydrogens is 689 g/mol. The highest BCUT2D eigenvalue weighted by molar-refractivity contribution is 6.13. The Morgan fingerprint density at radius 1 is 0.351 bits per heavy atom. The lowest BCUT2D eigenvalue weighted by Crippen LogP contribution is -2.16. The van der Waals surface area contributed by atoms with Gasteiger partial charge < -0.3 is 0 Å². The largest absolute Gasteiger partial charge is 0.228 e. The van der Waals surface area contributed by atoms with Gasteiger partial charge in [0.25, 0.3) is 0 Å². The minimum atomic E-state index is -0.154. The third-order valence-corrected chi connectivity index (χ3v) is 12.1. The molecule has 0 radical (unpaired) electrons. The van der Waals surface area contributed by atoms with Crippen molar-refractivity contribution in [3.63, 3.8) is 0 Å². The number of hydrogen-bond donors (Lipinski definition) is 0. The van der Waals surface area contributed by atoms with Crippen molar-refractivity contribution in [3.05, 3.63) is 205 Å². The monoisotopic (exact) mass is 726 g/mol. The lowest BCUT2D eigenvalue weighted by Gasteiger charge is -2.25. The molecule has 57 heavy (non-hydrogen) atoms. The van der Waals surface area contributed by atoms with Crippen LogP contribution < -0.4 is 0 Å². The van der Waals surface area contributed by atoms with Crippen LogP contribution in [0.2, 0.25) is 0 Å². The van der Waals surface area contributed by atoms with Crippen molar-refractivity contribution >= 4 is 32.3 Å². The number of benzene rings is 9. The van der Waals surface area contributed by atoms with Crippen LogP contribution >= 0.6 is 0 Å². The second-order valence-corrected chi connectivity index (χ2v) is 15.7. The Hall–Kier alpha value is -7.16. The molecule has 0 aliphatic heterocycles. The SMILES string of the molecule is CC1(C)c2ccc3ccccc3c2-c2cccc(-c3ccc(-c4ccc(-c5cc(-c6ccccc6)nc(-c6ccccc6)n5)c5ccccc45)c4ccccc34)c21. The van der Waals surface area contributed by atoms with E-state index in [4.69, 9.17) is 9.97 Å². The number of nitrogens with zero attached hydrogens (tertiary/aromatic N) is 2. The second kappa shape index (κ2) is 13.0. The topological polar surface area (TPSA) is 25.8 Å². The van der Waals surface area contributed by atoms with Crippen LogP contribution in [0.4, 0.5) is 0 Å². The molecule has 2 heteroatoms. The summed E-state index contributed by atoms with van der Waals surface area (Å²) in [5.41, 5.74) is 15.3. The van der Waals surface area contributed by atoms with E-state index in [2.05, 4.69) is 184 Å². The fourth-order valence-electron chi connectivity index (χ4n) is 9.46. The van der Waals surface area contributed by atoms with E-state index in [0.29, 0.717) is 5.82 Å². The molecule has 2 nitrogen and oxygen atoms in total. The normalized spacial score (nSPS) is 12.9. The molecule has 1 aliphatic carbocycles. The Bertz CT molecular complexity index is 3140. The van der Waals surface area contributed by atoms with Crippen LogP contribution in [0.1, 0.15) is 25.0 Å². The molecule has 268 valence electrons. The average molecular weight is 727 g/mol. The average Bonchev–Trinajstić information content (AvgIpc) is 3.52. The summed E-state index contributed by atoms with van der Waals surface area (Å²) in [7, 11) is 0. The van der Waals surface area contributed by atoms with E-state index >= 15 is 0 Å². The maximum absolute atomic E-state index is 5.21. The fourth-order valence-corrected chi connectivity index (χ4v) is 9.46. The molecule has 1 aliphatic rings. The maximum atomic E-state index is 5.21. The van der Waals surface area contributed by atoms with Gasteiger partial charge in [-0.2, -0.15) is 0 Å². The first-order chi connectivity index (χ1) is 28.0. The summed E-state index contributed by atoms with van der Waals surface area (Å²) in [6.07, 6.45) is 0. The smallest absolute Gasteiger partial charge is 0.160 e. The molecule has 0 unspecified atom stereocenters. The highest BCUT2D eigenvalue weighted by Crippen LogP contribution is 2.55. The summed E-state index contributed by atoms with van der Waals surface area (Å²) in [4.78, 5) is 10.3. The first kappa shape index (κ1) is 33.2. The van der Waals surface area contributed by atoms with E-state index in [0.717, 1.165) is 33.5 Å². The van der Waals surface area contributed by atoms with Gasteiger partial charge in [-0.05, 0) is 82.9 Å². The van der Waals surface area contributed by atoms with Gasteiger partial charge >= 0.3 is 0 Å². The molecule has 10 aromatic rings. The second-order valence-electron chi connectivity index (χ2n) is 15.7. The van der Waals surface area contributed by atoms with E-state index in [-0.39, 0.29) is 5.41 Å². The van der Waals surface area contributed by atoms with Crippen LogP contribution in [0.5, 0.6) is 0 Å². The van der Waals surface area contributed by atoms with Gasteiger partial charge in [-0.1, -0.05) is 202 Å². The molecule has 11 rings (SSSR count). The lowest BCUT2D eigenvalue weighted by atomic mass is 9.78. The standard InChI is InChI=1S/C55H38N2/c1-55(2)49-33-28-35-16-9-10-21-38(35)52(49)48-27-15-26-47(53(48)55)45-30-29-43(39-22-11-12-23-40(39)45)44-31-32-46(42-25-14-13-24-41(42)44)51-34-50(36-17-5-3-6-18-36)56-54(57-51)37-19-7-4-8-20-37/h3-34H,1-2H3. The molecular formula is C55H38N2. The van der Waals surface area contributed by atoms with Crippen molar-refractivity contribution in [1.82, 2.24) is 9.97 Å². The van der Waals surface area contributed by atoms with Gasteiger partial charge in [0.1, 0.15) is 0 Å². The van der Waals surface area contributed by atoms with Gasteiger partial charge in [-0.3, -0.25) is 0 Å². The zero-order chi connectivity index (χ0) is 38.1. The van der Waals surface area contributed by atoms with Gasteiger partial charge in [0.2, 0.25) is 0 Å². The minimum Gasteiger partial charge on any atom is -0.228 e. The molecule has 0 saturated heterocycles. The van der Waals surface area contributed by atoms with Crippen LogP contribution in [0.3, 0.4) is 0 Å². The van der Waals surface area contributed by atoms with Crippen molar-refractivity contribution < 1.29 is 0 Å². The van der Waals surface area contributed by atoms with Crippen LogP contribution in [-0.2, 0) is 5.41 Å².